The Morgan fingerprint density at radius 1 is 1.16 bits per heavy atom. The number of rotatable bonds is 2. The van der Waals surface area contributed by atoms with Gasteiger partial charge in [0.1, 0.15) is 5.82 Å². The molecular formula is C15H18N4. The summed E-state index contributed by atoms with van der Waals surface area (Å²) in [5.41, 5.74) is 2.82. The van der Waals surface area contributed by atoms with E-state index >= 15 is 0 Å². The molecule has 4 heteroatoms. The van der Waals surface area contributed by atoms with E-state index in [-0.39, 0.29) is 6.04 Å². The standard InChI is InChI=1S/C15H18N4/c1-11-10-14(12-6-2-4-8-16-12)19-15(18-11)13-7-3-5-9-17-13/h2,4,6,8,10,13,17H,3,5,7,9H2,1H3. The molecule has 3 heterocycles. The van der Waals surface area contributed by atoms with Crippen molar-refractivity contribution in [3.05, 3.63) is 42.0 Å². The predicted octanol–water partition coefficient (Wildman–Crippen LogP) is 2.66. The van der Waals surface area contributed by atoms with Crippen LogP contribution in [0.4, 0.5) is 0 Å². The van der Waals surface area contributed by atoms with Crippen molar-refractivity contribution in [1.82, 2.24) is 20.3 Å². The van der Waals surface area contributed by atoms with E-state index in [4.69, 9.17) is 4.98 Å². The van der Waals surface area contributed by atoms with Gasteiger partial charge >= 0.3 is 0 Å². The lowest BCUT2D eigenvalue weighted by Gasteiger charge is -2.22. The van der Waals surface area contributed by atoms with Gasteiger partial charge in [0.15, 0.2) is 0 Å². The average Bonchev–Trinajstić information content (AvgIpc) is 2.48. The van der Waals surface area contributed by atoms with Crippen molar-refractivity contribution in [3.8, 4) is 11.4 Å². The first-order valence-corrected chi connectivity index (χ1v) is 6.83. The third kappa shape index (κ3) is 2.79. The van der Waals surface area contributed by atoms with Crippen LogP contribution in [0.3, 0.4) is 0 Å². The Morgan fingerprint density at radius 3 is 2.84 bits per heavy atom. The Labute approximate surface area is 113 Å². The average molecular weight is 254 g/mol. The summed E-state index contributed by atoms with van der Waals surface area (Å²) in [4.78, 5) is 13.6. The van der Waals surface area contributed by atoms with E-state index in [2.05, 4.69) is 15.3 Å². The van der Waals surface area contributed by atoms with Gasteiger partial charge in [0.2, 0.25) is 0 Å². The fourth-order valence-corrected chi connectivity index (χ4v) is 2.47. The molecule has 1 atom stereocenters. The summed E-state index contributed by atoms with van der Waals surface area (Å²) >= 11 is 0. The molecule has 0 amide bonds. The highest BCUT2D eigenvalue weighted by Crippen LogP contribution is 2.23. The Kier molecular flexibility index (Phi) is 3.51. The van der Waals surface area contributed by atoms with E-state index in [0.717, 1.165) is 35.9 Å². The van der Waals surface area contributed by atoms with Gasteiger partial charge in [-0.25, -0.2) is 9.97 Å². The van der Waals surface area contributed by atoms with Crippen LogP contribution in [0.25, 0.3) is 11.4 Å². The van der Waals surface area contributed by atoms with Crippen molar-refractivity contribution in [2.45, 2.75) is 32.2 Å². The highest BCUT2D eigenvalue weighted by molar-refractivity contribution is 5.53. The molecule has 0 radical (unpaired) electrons. The van der Waals surface area contributed by atoms with Gasteiger partial charge in [0, 0.05) is 11.9 Å². The molecule has 1 fully saturated rings. The lowest BCUT2D eigenvalue weighted by molar-refractivity contribution is 0.397. The minimum absolute atomic E-state index is 0.288. The van der Waals surface area contributed by atoms with Crippen molar-refractivity contribution in [1.29, 1.82) is 0 Å². The summed E-state index contributed by atoms with van der Waals surface area (Å²) in [6, 6.07) is 8.17. The van der Waals surface area contributed by atoms with Crippen LogP contribution in [0.1, 0.15) is 36.8 Å². The van der Waals surface area contributed by atoms with E-state index in [1.165, 1.54) is 12.8 Å². The van der Waals surface area contributed by atoms with Crippen molar-refractivity contribution in [3.63, 3.8) is 0 Å². The molecule has 0 bridgehead atoms. The topological polar surface area (TPSA) is 50.7 Å². The van der Waals surface area contributed by atoms with Crippen LogP contribution in [0.5, 0.6) is 0 Å². The molecule has 2 aromatic rings. The summed E-state index contributed by atoms with van der Waals surface area (Å²) in [5, 5.41) is 3.50. The second kappa shape index (κ2) is 5.45. The molecule has 1 aliphatic heterocycles. The monoisotopic (exact) mass is 254 g/mol. The molecule has 0 aromatic carbocycles. The zero-order valence-corrected chi connectivity index (χ0v) is 11.1. The third-order valence-corrected chi connectivity index (χ3v) is 3.42. The van der Waals surface area contributed by atoms with E-state index < -0.39 is 0 Å². The number of pyridine rings is 1. The van der Waals surface area contributed by atoms with Crippen LogP contribution in [0.15, 0.2) is 30.5 Å². The molecule has 1 aliphatic rings. The van der Waals surface area contributed by atoms with Crippen LogP contribution < -0.4 is 5.32 Å². The quantitative estimate of drug-likeness (QED) is 0.895. The van der Waals surface area contributed by atoms with E-state index in [0.29, 0.717) is 0 Å². The molecule has 2 aromatic heterocycles. The SMILES string of the molecule is Cc1cc(-c2ccccn2)nc(C2CCCCN2)n1. The van der Waals surface area contributed by atoms with Gasteiger partial charge in [0.25, 0.3) is 0 Å². The lowest BCUT2D eigenvalue weighted by atomic mass is 10.0. The summed E-state index contributed by atoms with van der Waals surface area (Å²) in [5.74, 6) is 0.903. The van der Waals surface area contributed by atoms with Crippen LogP contribution in [0.2, 0.25) is 0 Å². The molecule has 0 saturated carbocycles. The Bertz CT molecular complexity index is 547. The van der Waals surface area contributed by atoms with Crippen molar-refractivity contribution in [2.24, 2.45) is 0 Å². The maximum atomic E-state index is 4.69. The number of piperidine rings is 1. The smallest absolute Gasteiger partial charge is 0.146 e. The number of hydrogen-bond donors (Lipinski definition) is 1. The van der Waals surface area contributed by atoms with Gasteiger partial charge in [0.05, 0.1) is 17.4 Å². The first-order chi connectivity index (χ1) is 9.33. The molecule has 1 saturated heterocycles. The maximum Gasteiger partial charge on any atom is 0.146 e. The summed E-state index contributed by atoms with van der Waals surface area (Å²) in [6.45, 7) is 3.07. The molecule has 19 heavy (non-hydrogen) atoms. The van der Waals surface area contributed by atoms with Crippen LogP contribution in [0, 0.1) is 6.92 Å². The summed E-state index contributed by atoms with van der Waals surface area (Å²) < 4.78 is 0. The summed E-state index contributed by atoms with van der Waals surface area (Å²) in [6.07, 6.45) is 5.40. The molecule has 1 N–H and O–H groups in total. The molecule has 0 aliphatic carbocycles. The number of nitrogens with one attached hydrogen (secondary N) is 1. The Hall–Kier alpha value is -1.81. The number of aryl methyl sites for hydroxylation is 1. The van der Waals surface area contributed by atoms with Gasteiger partial charge in [-0.15, -0.1) is 0 Å². The second-order valence-electron chi connectivity index (χ2n) is 4.97. The van der Waals surface area contributed by atoms with Gasteiger partial charge in [-0.1, -0.05) is 12.5 Å². The highest BCUT2D eigenvalue weighted by Gasteiger charge is 2.18. The minimum Gasteiger partial charge on any atom is -0.307 e. The minimum atomic E-state index is 0.288. The molecule has 98 valence electrons. The maximum absolute atomic E-state index is 4.69. The van der Waals surface area contributed by atoms with E-state index in [9.17, 15) is 0 Å². The van der Waals surface area contributed by atoms with E-state index in [1.807, 2.05) is 31.2 Å². The van der Waals surface area contributed by atoms with Crippen LogP contribution in [-0.4, -0.2) is 21.5 Å². The first-order valence-electron chi connectivity index (χ1n) is 6.83. The van der Waals surface area contributed by atoms with Gasteiger partial charge in [-0.3, -0.25) is 4.98 Å². The number of hydrogen-bond acceptors (Lipinski definition) is 4. The lowest BCUT2D eigenvalue weighted by Crippen LogP contribution is -2.28. The van der Waals surface area contributed by atoms with Crippen LogP contribution in [-0.2, 0) is 0 Å². The summed E-state index contributed by atoms with van der Waals surface area (Å²) in [7, 11) is 0. The molecule has 0 spiro atoms. The number of aromatic nitrogens is 3. The molecule has 3 rings (SSSR count). The zero-order valence-electron chi connectivity index (χ0n) is 11.1. The number of nitrogens with zero attached hydrogens (tertiary/aromatic N) is 3. The molecular weight excluding hydrogens is 236 g/mol. The van der Waals surface area contributed by atoms with Gasteiger partial charge in [-0.05, 0) is 44.5 Å². The Balaban J connectivity index is 1.96. The molecule has 1 unspecified atom stereocenters. The normalized spacial score (nSPS) is 19.3. The second-order valence-corrected chi connectivity index (χ2v) is 4.97. The van der Waals surface area contributed by atoms with E-state index in [1.54, 1.807) is 6.20 Å². The van der Waals surface area contributed by atoms with Crippen molar-refractivity contribution in [2.75, 3.05) is 6.54 Å². The Morgan fingerprint density at radius 2 is 2.11 bits per heavy atom. The van der Waals surface area contributed by atoms with Gasteiger partial charge in [-0.2, -0.15) is 0 Å². The largest absolute Gasteiger partial charge is 0.307 e. The fourth-order valence-electron chi connectivity index (χ4n) is 2.47. The third-order valence-electron chi connectivity index (χ3n) is 3.42. The van der Waals surface area contributed by atoms with Crippen molar-refractivity contribution < 1.29 is 0 Å². The van der Waals surface area contributed by atoms with Crippen LogP contribution >= 0.6 is 0 Å². The predicted molar refractivity (Wildman–Crippen MR) is 74.6 cm³/mol. The fraction of sp³-hybridized carbons (Fsp3) is 0.400. The zero-order chi connectivity index (χ0) is 13.1. The van der Waals surface area contributed by atoms with Crippen molar-refractivity contribution >= 4 is 0 Å². The first kappa shape index (κ1) is 12.2. The van der Waals surface area contributed by atoms with Gasteiger partial charge < -0.3 is 5.32 Å². The highest BCUT2D eigenvalue weighted by atomic mass is 15.0. The molecule has 4 nitrogen and oxygen atoms in total.